The number of fused-ring (bicyclic) bond motifs is 3. The largest absolute Gasteiger partial charge is 0.358 e. The van der Waals surface area contributed by atoms with Crippen molar-refractivity contribution in [2.45, 2.75) is 19.3 Å². The van der Waals surface area contributed by atoms with Crippen molar-refractivity contribution in [1.29, 1.82) is 0 Å². The average molecular weight is 256 g/mol. The molecule has 1 aliphatic carbocycles. The fourth-order valence-corrected chi connectivity index (χ4v) is 3.14. The third-order valence-corrected chi connectivity index (χ3v) is 3.97. The molecule has 3 rings (SSSR count). The van der Waals surface area contributed by atoms with Crippen LogP contribution < -0.4 is 0 Å². The van der Waals surface area contributed by atoms with Crippen LogP contribution in [0.25, 0.3) is 10.9 Å². The van der Waals surface area contributed by atoms with Crippen LogP contribution in [0.4, 0.5) is 0 Å². The van der Waals surface area contributed by atoms with Crippen LogP contribution in [-0.2, 0) is 6.42 Å². The van der Waals surface area contributed by atoms with Crippen molar-refractivity contribution in [3.8, 4) is 0 Å². The molecule has 0 amide bonds. The molecule has 0 saturated heterocycles. The zero-order chi connectivity index (χ0) is 13.4. The van der Waals surface area contributed by atoms with Gasteiger partial charge < -0.3 is 9.88 Å². The maximum Gasteiger partial charge on any atom is 0.169 e. The van der Waals surface area contributed by atoms with Crippen molar-refractivity contribution in [2.75, 3.05) is 20.6 Å². The Bertz CT molecular complexity index is 612. The number of nitrogens with zero attached hydrogens (tertiary/aromatic N) is 1. The zero-order valence-corrected chi connectivity index (χ0v) is 11.6. The van der Waals surface area contributed by atoms with Crippen molar-refractivity contribution >= 4 is 16.7 Å². The summed E-state index contributed by atoms with van der Waals surface area (Å²) in [7, 11) is 4.07. The number of aromatic nitrogens is 1. The minimum Gasteiger partial charge on any atom is -0.358 e. The van der Waals surface area contributed by atoms with Gasteiger partial charge in [-0.15, -0.1) is 0 Å². The number of ketones is 1. The molecule has 1 heterocycles. The number of H-pyrrole nitrogens is 1. The van der Waals surface area contributed by atoms with Crippen molar-refractivity contribution in [1.82, 2.24) is 9.88 Å². The number of carbonyl (C=O) groups excluding carboxylic acids is 1. The number of benzene rings is 1. The monoisotopic (exact) mass is 256 g/mol. The molecular formula is C16H20N2O. The first kappa shape index (κ1) is 12.4. The maximum absolute atomic E-state index is 12.8. The zero-order valence-electron chi connectivity index (χ0n) is 11.6. The van der Waals surface area contributed by atoms with Gasteiger partial charge in [0.1, 0.15) is 0 Å². The molecule has 3 nitrogen and oxygen atoms in total. The van der Waals surface area contributed by atoms with Crippen LogP contribution >= 0.6 is 0 Å². The Kier molecular flexibility index (Phi) is 3.15. The van der Waals surface area contributed by atoms with Gasteiger partial charge >= 0.3 is 0 Å². The van der Waals surface area contributed by atoms with Crippen LogP contribution in [0, 0.1) is 5.92 Å². The molecule has 2 aromatic rings. The van der Waals surface area contributed by atoms with Gasteiger partial charge in [0.05, 0.1) is 0 Å². The molecule has 0 aliphatic heterocycles. The lowest BCUT2D eigenvalue weighted by molar-refractivity contribution is 0.0894. The fourth-order valence-electron chi connectivity index (χ4n) is 3.14. The first-order chi connectivity index (χ1) is 9.16. The van der Waals surface area contributed by atoms with E-state index in [1.807, 2.05) is 26.2 Å². The molecule has 3 heteroatoms. The van der Waals surface area contributed by atoms with E-state index < -0.39 is 0 Å². The molecule has 1 aromatic heterocycles. The van der Waals surface area contributed by atoms with Crippen LogP contribution in [0.2, 0.25) is 0 Å². The van der Waals surface area contributed by atoms with Crippen molar-refractivity contribution in [2.24, 2.45) is 5.92 Å². The van der Waals surface area contributed by atoms with Gasteiger partial charge in [0, 0.05) is 34.6 Å². The predicted octanol–water partition coefficient (Wildman–Crippen LogP) is 2.86. The summed E-state index contributed by atoms with van der Waals surface area (Å²) in [5, 5.41) is 1.09. The molecule has 0 radical (unpaired) electrons. The normalized spacial score (nSPS) is 19.7. The van der Waals surface area contributed by atoms with E-state index in [-0.39, 0.29) is 5.92 Å². The lowest BCUT2D eigenvalue weighted by atomic mass is 9.94. The molecule has 1 unspecified atom stereocenters. The number of rotatable bonds is 2. The van der Waals surface area contributed by atoms with E-state index in [0.29, 0.717) is 5.78 Å². The Morgan fingerprint density at radius 1 is 1.32 bits per heavy atom. The number of aromatic amines is 1. The summed E-state index contributed by atoms with van der Waals surface area (Å²) >= 11 is 0. The standard InChI is InChI=1S/C16H20N2O/c1-18(2)10-11-6-5-9-14-15(16(11)19)12-7-3-4-8-13(12)17-14/h3-4,7-8,11,17H,5-6,9-10H2,1-2H3. The molecule has 0 saturated carbocycles. The van der Waals surface area contributed by atoms with Crippen LogP contribution in [0.1, 0.15) is 28.9 Å². The summed E-state index contributed by atoms with van der Waals surface area (Å²) < 4.78 is 0. The highest BCUT2D eigenvalue weighted by molar-refractivity contribution is 6.10. The highest BCUT2D eigenvalue weighted by Crippen LogP contribution is 2.30. The number of Topliss-reactive ketones (excluding diaryl/α,β-unsaturated/α-hetero) is 1. The van der Waals surface area contributed by atoms with Gasteiger partial charge in [0.25, 0.3) is 0 Å². The number of hydrogen-bond donors (Lipinski definition) is 1. The van der Waals surface area contributed by atoms with Crippen LogP contribution in [0.5, 0.6) is 0 Å². The van der Waals surface area contributed by atoms with Gasteiger partial charge in [-0.3, -0.25) is 4.79 Å². The molecule has 100 valence electrons. The third-order valence-electron chi connectivity index (χ3n) is 3.97. The molecule has 0 spiro atoms. The van der Waals surface area contributed by atoms with Gasteiger partial charge in [-0.1, -0.05) is 18.2 Å². The SMILES string of the molecule is CN(C)CC1CCCc2[nH]c3ccccc3c2C1=O. The number of aryl methyl sites for hydroxylation is 1. The van der Waals surface area contributed by atoms with Crippen molar-refractivity contribution in [3.63, 3.8) is 0 Å². The van der Waals surface area contributed by atoms with Crippen LogP contribution in [-0.4, -0.2) is 36.3 Å². The Labute approximate surface area is 113 Å². The summed E-state index contributed by atoms with van der Waals surface area (Å²) in [4.78, 5) is 18.3. The number of nitrogens with one attached hydrogen (secondary N) is 1. The van der Waals surface area contributed by atoms with Crippen LogP contribution in [0.15, 0.2) is 24.3 Å². The van der Waals surface area contributed by atoms with Gasteiger partial charge in [0.15, 0.2) is 5.78 Å². The van der Waals surface area contributed by atoms with E-state index in [9.17, 15) is 4.79 Å². The van der Waals surface area contributed by atoms with Crippen molar-refractivity contribution in [3.05, 3.63) is 35.5 Å². The molecular weight excluding hydrogens is 236 g/mol. The molecule has 19 heavy (non-hydrogen) atoms. The summed E-state index contributed by atoms with van der Waals surface area (Å²) in [6.07, 6.45) is 3.07. The van der Waals surface area contributed by atoms with E-state index in [1.165, 1.54) is 0 Å². The highest BCUT2D eigenvalue weighted by atomic mass is 16.1. The first-order valence-corrected chi connectivity index (χ1v) is 6.95. The van der Waals surface area contributed by atoms with Gasteiger partial charge in [0.2, 0.25) is 0 Å². The minimum absolute atomic E-state index is 0.135. The van der Waals surface area contributed by atoms with Gasteiger partial charge in [-0.2, -0.15) is 0 Å². The quantitative estimate of drug-likeness (QED) is 0.839. The fraction of sp³-hybridized carbons (Fsp3) is 0.438. The predicted molar refractivity (Wildman–Crippen MR) is 77.6 cm³/mol. The van der Waals surface area contributed by atoms with E-state index in [1.54, 1.807) is 0 Å². The lowest BCUT2D eigenvalue weighted by Crippen LogP contribution is -2.27. The Hall–Kier alpha value is -1.61. The smallest absolute Gasteiger partial charge is 0.169 e. The second-order valence-corrected chi connectivity index (χ2v) is 5.74. The van der Waals surface area contributed by atoms with Gasteiger partial charge in [-0.05, 0) is 39.4 Å². The summed E-state index contributed by atoms with van der Waals surface area (Å²) in [6.45, 7) is 0.845. The van der Waals surface area contributed by atoms with Crippen molar-refractivity contribution < 1.29 is 4.79 Å². The Balaban J connectivity index is 2.08. The van der Waals surface area contributed by atoms with E-state index in [2.05, 4.69) is 22.0 Å². The van der Waals surface area contributed by atoms with Crippen LogP contribution in [0.3, 0.4) is 0 Å². The third kappa shape index (κ3) is 2.19. The molecule has 1 N–H and O–H groups in total. The number of carbonyl (C=O) groups is 1. The highest BCUT2D eigenvalue weighted by Gasteiger charge is 2.28. The summed E-state index contributed by atoms with van der Waals surface area (Å²) in [5.74, 6) is 0.453. The maximum atomic E-state index is 12.8. The molecule has 1 aliphatic rings. The Morgan fingerprint density at radius 2 is 2.11 bits per heavy atom. The summed E-state index contributed by atoms with van der Waals surface area (Å²) in [6, 6.07) is 8.13. The molecule has 1 atom stereocenters. The van der Waals surface area contributed by atoms with Gasteiger partial charge in [-0.25, -0.2) is 0 Å². The molecule has 1 aromatic carbocycles. The van der Waals surface area contributed by atoms with E-state index in [0.717, 1.165) is 48.0 Å². The minimum atomic E-state index is 0.135. The summed E-state index contributed by atoms with van der Waals surface area (Å²) in [5.41, 5.74) is 3.17. The molecule has 0 fully saturated rings. The van der Waals surface area contributed by atoms with E-state index >= 15 is 0 Å². The number of para-hydroxylation sites is 1. The van der Waals surface area contributed by atoms with E-state index in [4.69, 9.17) is 0 Å². The number of hydrogen-bond acceptors (Lipinski definition) is 2. The average Bonchev–Trinajstić information content (AvgIpc) is 2.67. The Morgan fingerprint density at radius 3 is 2.89 bits per heavy atom. The second kappa shape index (κ2) is 4.82. The first-order valence-electron chi connectivity index (χ1n) is 6.95. The molecule has 0 bridgehead atoms. The second-order valence-electron chi connectivity index (χ2n) is 5.74. The lowest BCUT2D eigenvalue weighted by Gasteiger charge is -2.18. The topological polar surface area (TPSA) is 36.1 Å².